The highest BCUT2D eigenvalue weighted by molar-refractivity contribution is 4.97. The number of rotatable bonds is 2. The maximum absolute atomic E-state index is 12.3. The third-order valence-electron chi connectivity index (χ3n) is 3.76. The highest BCUT2D eigenvalue weighted by atomic mass is 19.4. The van der Waals surface area contributed by atoms with Crippen LogP contribution < -0.4 is 5.32 Å². The van der Waals surface area contributed by atoms with Gasteiger partial charge in [-0.1, -0.05) is 5.16 Å². The van der Waals surface area contributed by atoms with E-state index in [1.54, 1.807) is 0 Å². The minimum absolute atomic E-state index is 0.105. The van der Waals surface area contributed by atoms with Crippen LogP contribution in [0.25, 0.3) is 0 Å². The molecule has 0 radical (unpaired) electrons. The number of halogens is 3. The molecule has 18 heavy (non-hydrogen) atoms. The summed E-state index contributed by atoms with van der Waals surface area (Å²) in [6, 6.07) is 1.03. The van der Waals surface area contributed by atoms with E-state index in [0.717, 1.165) is 12.8 Å². The molecule has 3 rings (SSSR count). The van der Waals surface area contributed by atoms with Crippen molar-refractivity contribution in [3.8, 4) is 0 Å². The van der Waals surface area contributed by atoms with E-state index in [-0.39, 0.29) is 5.89 Å². The summed E-state index contributed by atoms with van der Waals surface area (Å²) in [5.41, 5.74) is 0. The van der Waals surface area contributed by atoms with Crippen molar-refractivity contribution in [3.05, 3.63) is 11.7 Å². The second kappa shape index (κ2) is 4.22. The van der Waals surface area contributed by atoms with E-state index in [1.165, 1.54) is 12.8 Å². The standard InChI is InChI=1S/C11H14F3N3O/c12-11(13,14)10-16-9(18-17-10)5-6-3-7-1-2-8(4-6)15-7/h6-8,15H,1-5H2. The first-order valence-corrected chi connectivity index (χ1v) is 6.16. The Hall–Kier alpha value is -1.11. The molecule has 1 aromatic heterocycles. The minimum Gasteiger partial charge on any atom is -0.339 e. The number of aromatic nitrogens is 2. The topological polar surface area (TPSA) is 51.0 Å². The predicted octanol–water partition coefficient (Wildman–Crippen LogP) is 2.16. The molecule has 2 saturated heterocycles. The van der Waals surface area contributed by atoms with Crippen molar-refractivity contribution < 1.29 is 17.7 Å². The number of piperidine rings is 1. The largest absolute Gasteiger partial charge is 0.455 e. The lowest BCUT2D eigenvalue weighted by atomic mass is 9.90. The van der Waals surface area contributed by atoms with Gasteiger partial charge in [0.15, 0.2) is 0 Å². The fraction of sp³-hybridized carbons (Fsp3) is 0.818. The molecule has 100 valence electrons. The monoisotopic (exact) mass is 261 g/mol. The Morgan fingerprint density at radius 2 is 1.89 bits per heavy atom. The zero-order valence-corrected chi connectivity index (χ0v) is 9.70. The van der Waals surface area contributed by atoms with Gasteiger partial charge in [-0.25, -0.2) is 0 Å². The molecule has 2 aliphatic heterocycles. The van der Waals surface area contributed by atoms with E-state index >= 15 is 0 Å². The average molecular weight is 261 g/mol. The molecule has 2 atom stereocenters. The molecule has 2 fully saturated rings. The lowest BCUT2D eigenvalue weighted by Gasteiger charge is -2.27. The van der Waals surface area contributed by atoms with E-state index in [4.69, 9.17) is 0 Å². The Labute approximate surface area is 102 Å². The molecular formula is C11H14F3N3O. The summed E-state index contributed by atoms with van der Waals surface area (Å²) in [6.45, 7) is 0. The van der Waals surface area contributed by atoms with E-state index < -0.39 is 12.0 Å². The van der Waals surface area contributed by atoms with Gasteiger partial charge in [0.1, 0.15) is 0 Å². The lowest BCUT2D eigenvalue weighted by molar-refractivity contribution is -0.146. The zero-order valence-electron chi connectivity index (χ0n) is 9.70. The van der Waals surface area contributed by atoms with Crippen LogP contribution in [0.3, 0.4) is 0 Å². The van der Waals surface area contributed by atoms with Crippen LogP contribution in [0.2, 0.25) is 0 Å². The van der Waals surface area contributed by atoms with Gasteiger partial charge in [0.2, 0.25) is 5.89 Å². The van der Waals surface area contributed by atoms with Gasteiger partial charge in [0.25, 0.3) is 5.82 Å². The number of alkyl halides is 3. The average Bonchev–Trinajstić information content (AvgIpc) is 2.85. The molecule has 3 heterocycles. The van der Waals surface area contributed by atoms with Gasteiger partial charge in [0.05, 0.1) is 0 Å². The number of hydrogen-bond donors (Lipinski definition) is 1. The highest BCUT2D eigenvalue weighted by Crippen LogP contribution is 2.33. The van der Waals surface area contributed by atoms with Crippen LogP contribution in [0.5, 0.6) is 0 Å². The molecule has 2 bridgehead atoms. The van der Waals surface area contributed by atoms with Crippen molar-refractivity contribution in [2.45, 2.75) is 50.4 Å². The minimum atomic E-state index is -4.52. The van der Waals surface area contributed by atoms with Gasteiger partial charge in [-0.3, -0.25) is 0 Å². The third kappa shape index (κ3) is 2.36. The zero-order chi connectivity index (χ0) is 12.8. The molecule has 4 nitrogen and oxygen atoms in total. The molecule has 1 aromatic rings. The van der Waals surface area contributed by atoms with Crippen molar-refractivity contribution in [2.24, 2.45) is 5.92 Å². The molecule has 2 unspecified atom stereocenters. The van der Waals surface area contributed by atoms with Gasteiger partial charge in [0, 0.05) is 18.5 Å². The molecule has 1 N–H and O–H groups in total. The Bertz CT molecular complexity index is 419. The maximum Gasteiger partial charge on any atom is 0.455 e. The first kappa shape index (κ1) is 12.0. The Morgan fingerprint density at radius 3 is 2.44 bits per heavy atom. The second-order valence-corrected chi connectivity index (χ2v) is 5.19. The summed E-state index contributed by atoms with van der Waals surface area (Å²) in [5, 5.41) is 6.47. The molecule has 0 saturated carbocycles. The van der Waals surface area contributed by atoms with Gasteiger partial charge in [-0.15, -0.1) is 0 Å². The van der Waals surface area contributed by atoms with Crippen molar-refractivity contribution in [2.75, 3.05) is 0 Å². The smallest absolute Gasteiger partial charge is 0.339 e. The van der Waals surface area contributed by atoms with Crippen LogP contribution in [-0.2, 0) is 12.6 Å². The molecule has 0 spiro atoms. The molecule has 0 aliphatic carbocycles. The fourth-order valence-corrected chi connectivity index (χ4v) is 3.04. The highest BCUT2D eigenvalue weighted by Gasteiger charge is 2.38. The summed E-state index contributed by atoms with van der Waals surface area (Å²) in [6.07, 6.45) is 0.241. The van der Waals surface area contributed by atoms with Crippen LogP contribution in [0, 0.1) is 5.92 Å². The van der Waals surface area contributed by atoms with Crippen LogP contribution in [-0.4, -0.2) is 22.2 Å². The molecule has 0 aromatic carbocycles. The van der Waals surface area contributed by atoms with Crippen molar-refractivity contribution >= 4 is 0 Å². The van der Waals surface area contributed by atoms with Crippen LogP contribution in [0.1, 0.15) is 37.4 Å². The number of nitrogens with zero attached hydrogens (tertiary/aromatic N) is 2. The Morgan fingerprint density at radius 1 is 1.22 bits per heavy atom. The number of hydrogen-bond acceptors (Lipinski definition) is 4. The van der Waals surface area contributed by atoms with E-state index in [1.807, 2.05) is 0 Å². The molecule has 2 aliphatic rings. The molecule has 0 amide bonds. The first-order chi connectivity index (χ1) is 8.50. The predicted molar refractivity (Wildman–Crippen MR) is 55.7 cm³/mol. The van der Waals surface area contributed by atoms with Crippen LogP contribution >= 0.6 is 0 Å². The second-order valence-electron chi connectivity index (χ2n) is 5.19. The van der Waals surface area contributed by atoms with Crippen molar-refractivity contribution in [1.29, 1.82) is 0 Å². The van der Waals surface area contributed by atoms with Crippen LogP contribution in [0.4, 0.5) is 13.2 Å². The summed E-state index contributed by atoms with van der Waals surface area (Å²) >= 11 is 0. The quantitative estimate of drug-likeness (QED) is 0.886. The van der Waals surface area contributed by atoms with Crippen molar-refractivity contribution in [1.82, 2.24) is 15.5 Å². The lowest BCUT2D eigenvalue weighted by Crippen LogP contribution is -2.38. The van der Waals surface area contributed by atoms with E-state index in [0.29, 0.717) is 24.4 Å². The molecule has 7 heteroatoms. The van der Waals surface area contributed by atoms with E-state index in [2.05, 4.69) is 20.0 Å². The summed E-state index contributed by atoms with van der Waals surface area (Å²) in [7, 11) is 0. The van der Waals surface area contributed by atoms with Gasteiger partial charge >= 0.3 is 6.18 Å². The normalized spacial score (nSPS) is 31.8. The SMILES string of the molecule is FC(F)(F)c1noc(CC2CC3CCC(C2)N3)n1. The number of fused-ring (bicyclic) bond motifs is 2. The number of nitrogens with one attached hydrogen (secondary N) is 1. The van der Waals surface area contributed by atoms with Gasteiger partial charge in [-0.05, 0) is 31.6 Å². The fourth-order valence-electron chi connectivity index (χ4n) is 3.04. The van der Waals surface area contributed by atoms with Gasteiger partial charge < -0.3 is 9.84 Å². The third-order valence-corrected chi connectivity index (χ3v) is 3.76. The Balaban J connectivity index is 1.64. The first-order valence-electron chi connectivity index (χ1n) is 6.16. The maximum atomic E-state index is 12.3. The Kier molecular flexibility index (Phi) is 2.80. The van der Waals surface area contributed by atoms with Gasteiger partial charge in [-0.2, -0.15) is 18.2 Å². The summed E-state index contributed by atoms with van der Waals surface area (Å²) in [4.78, 5) is 3.42. The summed E-state index contributed by atoms with van der Waals surface area (Å²) < 4.78 is 41.6. The van der Waals surface area contributed by atoms with Crippen molar-refractivity contribution in [3.63, 3.8) is 0 Å². The summed E-state index contributed by atoms with van der Waals surface area (Å²) in [5.74, 6) is -0.715. The molecular weight excluding hydrogens is 247 g/mol. The van der Waals surface area contributed by atoms with Crippen LogP contribution in [0.15, 0.2) is 4.52 Å². The van der Waals surface area contributed by atoms with E-state index in [9.17, 15) is 13.2 Å².